The molecule has 21 heavy (non-hydrogen) atoms. The molecule has 110 valence electrons. The largest absolute Gasteiger partial charge is 0.371 e. The monoisotopic (exact) mass is 306 g/mol. The molecule has 5 nitrogen and oxygen atoms in total. The molecule has 0 spiro atoms. The van der Waals surface area contributed by atoms with E-state index in [1.165, 1.54) is 24.0 Å². The number of halogens is 1. The molecule has 2 fully saturated rings. The Morgan fingerprint density at radius 3 is 2.81 bits per heavy atom. The van der Waals surface area contributed by atoms with Gasteiger partial charge in [0.05, 0.1) is 12.0 Å². The van der Waals surface area contributed by atoms with Crippen LogP contribution in [0.15, 0.2) is 28.4 Å². The van der Waals surface area contributed by atoms with Crippen molar-refractivity contribution >= 4 is 34.7 Å². The van der Waals surface area contributed by atoms with Crippen LogP contribution in [-0.2, 0) is 4.79 Å². The topological polar surface area (TPSA) is 57.1 Å². The van der Waals surface area contributed by atoms with Gasteiger partial charge in [-0.25, -0.2) is 4.39 Å². The van der Waals surface area contributed by atoms with E-state index in [2.05, 4.69) is 20.4 Å². The lowest BCUT2D eigenvalue weighted by Gasteiger charge is -2.17. The van der Waals surface area contributed by atoms with Crippen LogP contribution in [0.4, 0.5) is 10.1 Å². The lowest BCUT2D eigenvalue weighted by atomic mass is 10.2. The van der Waals surface area contributed by atoms with Crippen molar-refractivity contribution in [2.45, 2.75) is 12.8 Å². The lowest BCUT2D eigenvalue weighted by molar-refractivity contribution is -0.116. The van der Waals surface area contributed by atoms with Crippen molar-refractivity contribution < 1.29 is 9.18 Å². The fraction of sp³-hybridized carbons (Fsp3) is 0.357. The maximum absolute atomic E-state index is 14.0. The van der Waals surface area contributed by atoms with E-state index in [0.29, 0.717) is 16.5 Å². The fourth-order valence-electron chi connectivity index (χ4n) is 2.32. The molecule has 1 aromatic rings. The summed E-state index contributed by atoms with van der Waals surface area (Å²) in [7, 11) is 0. The summed E-state index contributed by atoms with van der Waals surface area (Å²) in [5.74, 6) is -0.0469. The number of nitrogens with zero attached hydrogens (tertiary/aromatic N) is 3. The third-order valence-electron chi connectivity index (χ3n) is 3.39. The molecule has 0 radical (unpaired) electrons. The molecule has 7 heteroatoms. The number of amidine groups is 1. The minimum Gasteiger partial charge on any atom is -0.371 e. The summed E-state index contributed by atoms with van der Waals surface area (Å²) in [4.78, 5) is 13.2. The van der Waals surface area contributed by atoms with Crippen molar-refractivity contribution in [3.05, 3.63) is 29.6 Å². The van der Waals surface area contributed by atoms with Crippen LogP contribution in [0.2, 0.25) is 0 Å². The van der Waals surface area contributed by atoms with Crippen LogP contribution in [0.5, 0.6) is 0 Å². The van der Waals surface area contributed by atoms with Crippen LogP contribution in [0.3, 0.4) is 0 Å². The molecular formula is C14H15FN4OS. The summed E-state index contributed by atoms with van der Waals surface area (Å²) >= 11 is 1.28. The van der Waals surface area contributed by atoms with Gasteiger partial charge in [-0.1, -0.05) is 11.8 Å². The van der Waals surface area contributed by atoms with Gasteiger partial charge in [0.15, 0.2) is 5.17 Å². The summed E-state index contributed by atoms with van der Waals surface area (Å²) < 4.78 is 14.0. The third kappa shape index (κ3) is 3.41. The molecule has 3 rings (SSSR count). The second-order valence-corrected chi connectivity index (χ2v) is 5.85. The molecule has 0 aromatic heterocycles. The number of benzene rings is 1. The summed E-state index contributed by atoms with van der Waals surface area (Å²) in [6.07, 6.45) is 3.68. The van der Waals surface area contributed by atoms with Gasteiger partial charge >= 0.3 is 0 Å². The summed E-state index contributed by atoms with van der Waals surface area (Å²) in [6, 6.07) is 5.13. The van der Waals surface area contributed by atoms with Gasteiger partial charge in [-0.2, -0.15) is 5.10 Å². The van der Waals surface area contributed by atoms with Gasteiger partial charge in [-0.05, 0) is 31.0 Å². The quantitative estimate of drug-likeness (QED) is 0.686. The van der Waals surface area contributed by atoms with E-state index in [0.717, 1.165) is 31.6 Å². The van der Waals surface area contributed by atoms with Gasteiger partial charge in [0.25, 0.3) is 0 Å². The van der Waals surface area contributed by atoms with E-state index >= 15 is 0 Å². The highest BCUT2D eigenvalue weighted by Gasteiger charge is 2.16. The highest BCUT2D eigenvalue weighted by Crippen LogP contribution is 2.22. The number of hydrogen-bond donors (Lipinski definition) is 1. The van der Waals surface area contributed by atoms with Crippen LogP contribution >= 0.6 is 11.8 Å². The average molecular weight is 306 g/mol. The number of amides is 1. The first-order chi connectivity index (χ1) is 10.2. The van der Waals surface area contributed by atoms with Crippen molar-refractivity contribution in [3.8, 4) is 0 Å². The van der Waals surface area contributed by atoms with Crippen molar-refractivity contribution in [2.24, 2.45) is 10.2 Å². The number of anilines is 1. The Labute approximate surface area is 126 Å². The maximum Gasteiger partial charge on any atom is 0.236 e. The van der Waals surface area contributed by atoms with Crippen molar-refractivity contribution in [1.82, 2.24) is 5.32 Å². The number of carbonyl (C=O) groups excluding carboxylic acids is 1. The van der Waals surface area contributed by atoms with E-state index in [4.69, 9.17) is 0 Å². The molecule has 2 aliphatic rings. The first kappa shape index (κ1) is 14.1. The SMILES string of the molecule is O=C1CSC(=NN=Cc2ccc(N3CCCC3)cc2F)N1. The summed E-state index contributed by atoms with van der Waals surface area (Å²) in [5, 5.41) is 10.7. The van der Waals surface area contributed by atoms with Crippen LogP contribution in [0.25, 0.3) is 0 Å². The van der Waals surface area contributed by atoms with Crippen molar-refractivity contribution in [3.63, 3.8) is 0 Å². The molecule has 1 aromatic carbocycles. The Balaban J connectivity index is 1.69. The predicted octanol–water partition coefficient (Wildman–Crippen LogP) is 1.98. The Hall–Kier alpha value is -1.89. The molecular weight excluding hydrogens is 291 g/mol. The average Bonchev–Trinajstić information content (AvgIpc) is 3.12. The van der Waals surface area contributed by atoms with Gasteiger partial charge in [0.2, 0.25) is 5.91 Å². The predicted molar refractivity (Wildman–Crippen MR) is 83.5 cm³/mol. The molecule has 0 atom stereocenters. The fourth-order valence-corrected chi connectivity index (χ4v) is 2.95. The first-order valence-corrected chi connectivity index (χ1v) is 7.79. The Kier molecular flexibility index (Phi) is 4.19. The molecule has 0 bridgehead atoms. The number of carbonyl (C=O) groups is 1. The lowest BCUT2D eigenvalue weighted by Crippen LogP contribution is -2.19. The highest BCUT2D eigenvalue weighted by atomic mass is 32.2. The molecule has 1 amide bonds. The molecule has 2 saturated heterocycles. The molecule has 0 aliphatic carbocycles. The highest BCUT2D eigenvalue weighted by molar-refractivity contribution is 8.15. The van der Waals surface area contributed by atoms with Crippen LogP contribution in [0.1, 0.15) is 18.4 Å². The molecule has 0 unspecified atom stereocenters. The minimum atomic E-state index is -0.313. The first-order valence-electron chi connectivity index (χ1n) is 6.80. The van der Waals surface area contributed by atoms with Crippen LogP contribution in [0, 0.1) is 5.82 Å². The Morgan fingerprint density at radius 1 is 1.33 bits per heavy atom. The van der Waals surface area contributed by atoms with Crippen molar-refractivity contribution in [2.75, 3.05) is 23.7 Å². The molecule has 0 saturated carbocycles. The normalized spacial score (nSPS) is 20.7. The van der Waals surface area contributed by atoms with Gasteiger partial charge in [0.1, 0.15) is 5.82 Å². The standard InChI is InChI=1S/C14H15FN4OS/c15-12-7-11(19-5-1-2-6-19)4-3-10(12)8-16-18-14-17-13(20)9-21-14/h3-4,7-8H,1-2,5-6,9H2,(H,17,18,20). The number of rotatable bonds is 3. The summed E-state index contributed by atoms with van der Waals surface area (Å²) in [5.41, 5.74) is 1.30. The minimum absolute atomic E-state index is 0.0879. The number of nitrogens with one attached hydrogen (secondary N) is 1. The Bertz CT molecular complexity index is 611. The van der Waals surface area contributed by atoms with Crippen LogP contribution in [-0.4, -0.2) is 36.1 Å². The molecule has 2 heterocycles. The van der Waals surface area contributed by atoms with Gasteiger partial charge in [0, 0.05) is 24.3 Å². The molecule has 2 aliphatic heterocycles. The zero-order valence-electron chi connectivity index (χ0n) is 11.4. The summed E-state index contributed by atoms with van der Waals surface area (Å²) in [6.45, 7) is 1.97. The van der Waals surface area contributed by atoms with Crippen molar-refractivity contribution in [1.29, 1.82) is 0 Å². The molecule has 1 N–H and O–H groups in total. The second kappa shape index (κ2) is 6.26. The number of hydrogen-bond acceptors (Lipinski definition) is 5. The number of thioether (sulfide) groups is 1. The Morgan fingerprint density at radius 2 is 2.14 bits per heavy atom. The van der Waals surface area contributed by atoms with Gasteiger partial charge < -0.3 is 10.2 Å². The maximum atomic E-state index is 14.0. The van der Waals surface area contributed by atoms with E-state index in [1.807, 2.05) is 6.07 Å². The smallest absolute Gasteiger partial charge is 0.236 e. The van der Waals surface area contributed by atoms with Gasteiger partial charge in [-0.3, -0.25) is 4.79 Å². The van der Waals surface area contributed by atoms with E-state index in [1.54, 1.807) is 6.07 Å². The zero-order chi connectivity index (χ0) is 14.7. The second-order valence-electron chi connectivity index (χ2n) is 4.89. The zero-order valence-corrected chi connectivity index (χ0v) is 12.2. The van der Waals surface area contributed by atoms with E-state index < -0.39 is 0 Å². The third-order valence-corrected chi connectivity index (χ3v) is 4.25. The van der Waals surface area contributed by atoms with E-state index in [-0.39, 0.29) is 11.7 Å². The van der Waals surface area contributed by atoms with E-state index in [9.17, 15) is 9.18 Å². The van der Waals surface area contributed by atoms with Gasteiger partial charge in [-0.15, -0.1) is 5.10 Å². The van der Waals surface area contributed by atoms with Crippen LogP contribution < -0.4 is 10.2 Å².